The van der Waals surface area contributed by atoms with Gasteiger partial charge in [0.25, 0.3) is 0 Å². The van der Waals surface area contributed by atoms with E-state index in [2.05, 4.69) is 0 Å². The van der Waals surface area contributed by atoms with Crippen LogP contribution in [0.15, 0.2) is 66.7 Å². The molecule has 4 rings (SSSR count). The lowest BCUT2D eigenvalue weighted by Crippen LogP contribution is -2.31. The topological polar surface area (TPSA) is 85.3 Å². The van der Waals surface area contributed by atoms with Crippen LogP contribution in [0.4, 0.5) is 18.0 Å². The van der Waals surface area contributed by atoms with Crippen molar-refractivity contribution < 1.29 is 42.1 Å². The third-order valence-electron chi connectivity index (χ3n) is 6.15. The molecule has 2 unspecified atom stereocenters. The summed E-state index contributed by atoms with van der Waals surface area (Å²) in [4.78, 5) is 25.9. The Morgan fingerprint density at radius 2 is 1.79 bits per heavy atom. The number of carbonyl (C=O) groups is 2. The number of phenolic OH excluding ortho intramolecular Hbond substituents is 1. The van der Waals surface area contributed by atoms with Crippen LogP contribution >= 0.6 is 0 Å². The molecule has 1 aliphatic heterocycles. The highest BCUT2D eigenvalue weighted by atomic mass is 19.4. The molecular weight excluding hydrogens is 503 g/mol. The Morgan fingerprint density at radius 1 is 1.05 bits per heavy atom. The predicted molar refractivity (Wildman–Crippen MR) is 131 cm³/mol. The second kappa shape index (κ2) is 11.0. The minimum Gasteiger partial charge on any atom is -0.504 e. The first kappa shape index (κ1) is 26.8. The molecule has 0 aliphatic carbocycles. The molecule has 1 N–H and O–H groups in total. The van der Waals surface area contributed by atoms with Crippen molar-refractivity contribution in [1.29, 1.82) is 0 Å². The van der Waals surface area contributed by atoms with Crippen LogP contribution in [-0.4, -0.2) is 34.7 Å². The van der Waals surface area contributed by atoms with Gasteiger partial charge in [-0.3, -0.25) is 9.69 Å². The van der Waals surface area contributed by atoms with Gasteiger partial charge in [0, 0.05) is 5.56 Å². The summed E-state index contributed by atoms with van der Waals surface area (Å²) in [5.74, 6) is -0.813. The maximum absolute atomic E-state index is 13.5. The Kier molecular flexibility index (Phi) is 7.80. The second-order valence-corrected chi connectivity index (χ2v) is 8.79. The Balaban J connectivity index is 1.64. The van der Waals surface area contributed by atoms with Crippen LogP contribution < -0.4 is 4.74 Å². The molecule has 3 aromatic rings. The summed E-state index contributed by atoms with van der Waals surface area (Å²) in [6, 6.07) is 15.7. The van der Waals surface area contributed by atoms with Gasteiger partial charge in [-0.15, -0.1) is 0 Å². The van der Waals surface area contributed by atoms with E-state index >= 15 is 0 Å². The van der Waals surface area contributed by atoms with Gasteiger partial charge in [-0.2, -0.15) is 13.2 Å². The van der Waals surface area contributed by atoms with Crippen molar-refractivity contribution in [2.24, 2.45) is 0 Å². The van der Waals surface area contributed by atoms with Crippen molar-refractivity contribution in [2.75, 3.05) is 6.61 Å². The van der Waals surface area contributed by atoms with Crippen LogP contribution in [0.1, 0.15) is 42.2 Å². The molecule has 2 atom stereocenters. The van der Waals surface area contributed by atoms with E-state index < -0.39 is 35.9 Å². The Bertz CT molecular complexity index is 1310. The van der Waals surface area contributed by atoms with Crippen molar-refractivity contribution in [3.63, 3.8) is 0 Å². The molecule has 1 saturated heterocycles. The van der Waals surface area contributed by atoms with Crippen LogP contribution in [-0.2, 0) is 33.4 Å². The first-order valence-corrected chi connectivity index (χ1v) is 11.9. The summed E-state index contributed by atoms with van der Waals surface area (Å²) >= 11 is 0. The van der Waals surface area contributed by atoms with Gasteiger partial charge in [0.05, 0.1) is 31.2 Å². The van der Waals surface area contributed by atoms with Crippen LogP contribution in [0, 0.1) is 0 Å². The number of esters is 1. The fourth-order valence-electron chi connectivity index (χ4n) is 4.21. The number of hydrogen-bond acceptors (Lipinski definition) is 6. The van der Waals surface area contributed by atoms with Gasteiger partial charge in [-0.25, -0.2) is 4.79 Å². The van der Waals surface area contributed by atoms with Crippen LogP contribution in [0.2, 0.25) is 0 Å². The molecule has 200 valence electrons. The zero-order chi connectivity index (χ0) is 27.4. The number of ether oxygens (including phenoxy) is 3. The Labute approximate surface area is 217 Å². The first-order valence-electron chi connectivity index (χ1n) is 11.9. The quantitative estimate of drug-likeness (QED) is 0.341. The van der Waals surface area contributed by atoms with Crippen molar-refractivity contribution in [1.82, 2.24) is 4.90 Å². The average molecular weight is 530 g/mol. The molecule has 0 bridgehead atoms. The average Bonchev–Trinajstić information content (AvgIpc) is 3.15. The summed E-state index contributed by atoms with van der Waals surface area (Å²) in [5, 5.41) is 10.3. The van der Waals surface area contributed by atoms with Gasteiger partial charge >= 0.3 is 18.2 Å². The number of amides is 1. The number of halogens is 3. The molecular formula is C28H26F3NO6. The van der Waals surface area contributed by atoms with E-state index in [0.29, 0.717) is 5.56 Å². The van der Waals surface area contributed by atoms with E-state index in [9.17, 15) is 27.9 Å². The van der Waals surface area contributed by atoms with E-state index in [1.807, 2.05) is 18.2 Å². The van der Waals surface area contributed by atoms with Crippen LogP contribution in [0.3, 0.4) is 0 Å². The smallest absolute Gasteiger partial charge is 0.416 e. The molecule has 0 aromatic heterocycles. The second-order valence-electron chi connectivity index (χ2n) is 8.79. The van der Waals surface area contributed by atoms with Crippen molar-refractivity contribution in [2.45, 2.75) is 45.1 Å². The molecule has 3 aromatic carbocycles. The molecule has 0 saturated carbocycles. The fraction of sp³-hybridized carbons (Fsp3) is 0.286. The van der Waals surface area contributed by atoms with Crippen molar-refractivity contribution >= 4 is 12.1 Å². The summed E-state index contributed by atoms with van der Waals surface area (Å²) in [6.07, 6.45) is -5.97. The summed E-state index contributed by atoms with van der Waals surface area (Å²) in [5.41, 5.74) is 0.388. The van der Waals surface area contributed by atoms with E-state index in [-0.39, 0.29) is 42.4 Å². The van der Waals surface area contributed by atoms with Gasteiger partial charge in [0.15, 0.2) is 11.5 Å². The van der Waals surface area contributed by atoms with Gasteiger partial charge in [-0.05, 0) is 55.3 Å². The van der Waals surface area contributed by atoms with E-state index in [0.717, 1.165) is 23.8 Å². The lowest BCUT2D eigenvalue weighted by molar-refractivity contribution is -0.142. The molecule has 7 nitrogen and oxygen atoms in total. The van der Waals surface area contributed by atoms with Gasteiger partial charge < -0.3 is 19.3 Å². The highest BCUT2D eigenvalue weighted by Gasteiger charge is 2.40. The highest BCUT2D eigenvalue weighted by molar-refractivity contribution is 5.73. The Morgan fingerprint density at radius 3 is 2.47 bits per heavy atom. The van der Waals surface area contributed by atoms with Gasteiger partial charge in [0.2, 0.25) is 0 Å². The number of rotatable bonds is 8. The summed E-state index contributed by atoms with van der Waals surface area (Å²) in [6.45, 7) is 3.40. The lowest BCUT2D eigenvalue weighted by Gasteiger charge is -2.23. The monoisotopic (exact) mass is 529 g/mol. The van der Waals surface area contributed by atoms with Crippen LogP contribution in [0.25, 0.3) is 0 Å². The van der Waals surface area contributed by atoms with E-state index in [1.165, 1.54) is 23.1 Å². The van der Waals surface area contributed by atoms with E-state index in [1.54, 1.807) is 26.0 Å². The maximum Gasteiger partial charge on any atom is 0.416 e. The molecule has 10 heteroatoms. The maximum atomic E-state index is 13.5. The van der Waals surface area contributed by atoms with Crippen molar-refractivity contribution in [3.05, 3.63) is 89.0 Å². The zero-order valence-corrected chi connectivity index (χ0v) is 20.7. The number of cyclic esters (lactones) is 1. The zero-order valence-electron chi connectivity index (χ0n) is 20.7. The minimum absolute atomic E-state index is 0.00439. The molecule has 1 amide bonds. The number of benzene rings is 3. The molecule has 0 spiro atoms. The number of phenols is 1. The SMILES string of the molecule is CCOC(=O)Cc1ccc(O)c(Oc2ccc(C(F)(F)F)cc2CN2C(=O)OC(c3ccccc3)C2C)c1. The van der Waals surface area contributed by atoms with E-state index in [4.69, 9.17) is 14.2 Å². The standard InChI is InChI=1S/C28H26F3NO6/c1-3-36-25(34)14-18-9-11-22(33)24(13-18)37-23-12-10-21(28(29,30)31)15-20(23)16-32-17(2)26(38-27(32)35)19-7-5-4-6-8-19/h4-13,15,17,26,33H,3,14,16H2,1-2H3. The lowest BCUT2D eigenvalue weighted by atomic mass is 10.0. The number of aromatic hydroxyl groups is 1. The number of nitrogens with zero attached hydrogens (tertiary/aromatic N) is 1. The van der Waals surface area contributed by atoms with Gasteiger partial charge in [-0.1, -0.05) is 36.4 Å². The number of hydrogen-bond donors (Lipinski definition) is 1. The highest BCUT2D eigenvalue weighted by Crippen LogP contribution is 2.39. The molecule has 1 fully saturated rings. The first-order chi connectivity index (χ1) is 18.1. The Hall–Kier alpha value is -4.21. The summed E-state index contributed by atoms with van der Waals surface area (Å²) in [7, 11) is 0. The molecule has 1 aliphatic rings. The molecule has 38 heavy (non-hydrogen) atoms. The predicted octanol–water partition coefficient (Wildman–Crippen LogP) is 6.39. The van der Waals surface area contributed by atoms with Gasteiger partial charge in [0.1, 0.15) is 11.9 Å². The number of carbonyl (C=O) groups excluding carboxylic acids is 2. The minimum atomic E-state index is -4.63. The largest absolute Gasteiger partial charge is 0.504 e. The molecule has 1 heterocycles. The third-order valence-corrected chi connectivity index (χ3v) is 6.15. The summed E-state index contributed by atoms with van der Waals surface area (Å²) < 4.78 is 56.9. The molecule has 0 radical (unpaired) electrons. The van der Waals surface area contributed by atoms with Crippen molar-refractivity contribution in [3.8, 4) is 17.2 Å². The fourth-order valence-corrected chi connectivity index (χ4v) is 4.21. The third kappa shape index (κ3) is 6.01. The number of alkyl halides is 3. The van der Waals surface area contributed by atoms with Crippen LogP contribution in [0.5, 0.6) is 17.2 Å². The normalized spacial score (nSPS) is 17.3.